The van der Waals surface area contributed by atoms with Crippen LogP contribution in [0.4, 0.5) is 5.69 Å². The van der Waals surface area contributed by atoms with Gasteiger partial charge in [0, 0.05) is 18.7 Å². The number of nitrogens with one attached hydrogen (secondary N) is 1. The Kier molecular flexibility index (Phi) is 5.77. The third-order valence-corrected chi connectivity index (χ3v) is 3.81. The summed E-state index contributed by atoms with van der Waals surface area (Å²) < 4.78 is 0. The van der Waals surface area contributed by atoms with Gasteiger partial charge in [-0.25, -0.2) is 0 Å². The summed E-state index contributed by atoms with van der Waals surface area (Å²) in [5.41, 5.74) is 1.26. The van der Waals surface area contributed by atoms with Crippen LogP contribution in [0.25, 0.3) is 0 Å². The van der Waals surface area contributed by atoms with E-state index in [0.29, 0.717) is 17.7 Å². The summed E-state index contributed by atoms with van der Waals surface area (Å²) >= 11 is 0. The molecule has 0 bridgehead atoms. The van der Waals surface area contributed by atoms with E-state index in [9.17, 15) is 4.79 Å². The molecule has 2 rings (SSSR count). The van der Waals surface area contributed by atoms with E-state index in [-0.39, 0.29) is 5.91 Å². The molecule has 0 radical (unpaired) electrons. The number of hydrogen-bond donors (Lipinski definition) is 1. The zero-order valence-corrected chi connectivity index (χ0v) is 12.6. The molecule has 112 valence electrons. The molecule has 4 nitrogen and oxygen atoms in total. The SMILES string of the molecule is CCN(CCCC(=O)Nc1cccc(C#N)c1)CC1CC1. The highest BCUT2D eigenvalue weighted by molar-refractivity contribution is 5.90. The van der Waals surface area contributed by atoms with Gasteiger partial charge in [0.25, 0.3) is 0 Å². The van der Waals surface area contributed by atoms with Crippen LogP contribution in [-0.2, 0) is 4.79 Å². The molecule has 1 aromatic carbocycles. The first-order valence-corrected chi connectivity index (χ1v) is 7.73. The first kappa shape index (κ1) is 15.5. The summed E-state index contributed by atoms with van der Waals surface area (Å²) in [5, 5.41) is 11.7. The van der Waals surface area contributed by atoms with E-state index < -0.39 is 0 Å². The fourth-order valence-corrected chi connectivity index (χ4v) is 2.40. The zero-order valence-electron chi connectivity index (χ0n) is 12.6. The van der Waals surface area contributed by atoms with Gasteiger partial charge < -0.3 is 10.2 Å². The van der Waals surface area contributed by atoms with Crippen molar-refractivity contribution in [3.63, 3.8) is 0 Å². The molecule has 1 N–H and O–H groups in total. The average Bonchev–Trinajstić information content (AvgIpc) is 3.30. The van der Waals surface area contributed by atoms with Gasteiger partial charge in [0.2, 0.25) is 5.91 Å². The van der Waals surface area contributed by atoms with Gasteiger partial charge in [-0.15, -0.1) is 0 Å². The maximum absolute atomic E-state index is 11.9. The topological polar surface area (TPSA) is 56.1 Å². The monoisotopic (exact) mass is 285 g/mol. The van der Waals surface area contributed by atoms with Crippen LogP contribution < -0.4 is 5.32 Å². The third-order valence-electron chi connectivity index (χ3n) is 3.81. The summed E-state index contributed by atoms with van der Waals surface area (Å²) in [6.45, 7) is 5.40. The largest absolute Gasteiger partial charge is 0.326 e. The molecule has 0 atom stereocenters. The third kappa shape index (κ3) is 5.57. The standard InChI is InChI=1S/C17H23N3O/c1-2-20(13-14-8-9-14)10-4-7-17(21)19-16-6-3-5-15(11-16)12-18/h3,5-6,11,14H,2,4,7-10,13H2,1H3,(H,19,21). The molecular weight excluding hydrogens is 262 g/mol. The number of carbonyl (C=O) groups is 1. The molecule has 1 amide bonds. The minimum absolute atomic E-state index is 0.0209. The molecular formula is C17H23N3O. The Balaban J connectivity index is 1.70. The summed E-state index contributed by atoms with van der Waals surface area (Å²) in [4.78, 5) is 14.3. The molecule has 21 heavy (non-hydrogen) atoms. The van der Waals surface area contributed by atoms with Crippen LogP contribution in [0.15, 0.2) is 24.3 Å². The normalized spacial score (nSPS) is 14.0. The van der Waals surface area contributed by atoms with Crippen molar-refractivity contribution in [1.29, 1.82) is 5.26 Å². The first-order chi connectivity index (χ1) is 10.2. The van der Waals surface area contributed by atoms with E-state index in [4.69, 9.17) is 5.26 Å². The molecule has 0 heterocycles. The second-order valence-electron chi connectivity index (χ2n) is 5.68. The van der Waals surface area contributed by atoms with Crippen molar-refractivity contribution in [2.24, 2.45) is 5.92 Å². The summed E-state index contributed by atoms with van der Waals surface area (Å²) in [5.74, 6) is 0.917. The van der Waals surface area contributed by atoms with E-state index >= 15 is 0 Å². The Hall–Kier alpha value is -1.86. The van der Waals surface area contributed by atoms with Gasteiger partial charge in [-0.05, 0) is 56.5 Å². The van der Waals surface area contributed by atoms with Gasteiger partial charge in [-0.2, -0.15) is 5.26 Å². The van der Waals surface area contributed by atoms with Gasteiger partial charge in [-0.1, -0.05) is 13.0 Å². The summed E-state index contributed by atoms with van der Waals surface area (Å²) in [6.07, 6.45) is 4.14. The van der Waals surface area contributed by atoms with Gasteiger partial charge in [0.15, 0.2) is 0 Å². The number of nitriles is 1. The molecule has 0 saturated heterocycles. The van der Waals surface area contributed by atoms with Crippen LogP contribution in [0.2, 0.25) is 0 Å². The minimum Gasteiger partial charge on any atom is -0.326 e. The van der Waals surface area contributed by atoms with Crippen molar-refractivity contribution < 1.29 is 4.79 Å². The van der Waals surface area contributed by atoms with Gasteiger partial charge >= 0.3 is 0 Å². The number of benzene rings is 1. The Bertz CT molecular complexity index is 517. The first-order valence-electron chi connectivity index (χ1n) is 7.73. The fraction of sp³-hybridized carbons (Fsp3) is 0.529. The predicted octanol–water partition coefficient (Wildman–Crippen LogP) is 3.01. The average molecular weight is 285 g/mol. The van der Waals surface area contributed by atoms with E-state index in [1.54, 1.807) is 18.2 Å². The molecule has 0 aromatic heterocycles. The number of hydrogen-bond acceptors (Lipinski definition) is 3. The predicted molar refractivity (Wildman–Crippen MR) is 83.9 cm³/mol. The zero-order chi connectivity index (χ0) is 15.1. The van der Waals surface area contributed by atoms with E-state index in [1.807, 2.05) is 6.07 Å². The quantitative estimate of drug-likeness (QED) is 0.799. The van der Waals surface area contributed by atoms with Crippen molar-refractivity contribution in [1.82, 2.24) is 4.90 Å². The molecule has 0 aliphatic heterocycles. The highest BCUT2D eigenvalue weighted by atomic mass is 16.1. The van der Waals surface area contributed by atoms with Crippen LogP contribution >= 0.6 is 0 Å². The second kappa shape index (κ2) is 7.80. The van der Waals surface area contributed by atoms with Gasteiger partial charge in [0.1, 0.15) is 0 Å². The van der Waals surface area contributed by atoms with E-state index in [2.05, 4.69) is 23.2 Å². The van der Waals surface area contributed by atoms with Crippen molar-refractivity contribution in [3.8, 4) is 6.07 Å². The lowest BCUT2D eigenvalue weighted by atomic mass is 10.2. The molecule has 1 aliphatic rings. The molecule has 1 aromatic rings. The highest BCUT2D eigenvalue weighted by Crippen LogP contribution is 2.29. The Labute approximate surface area is 126 Å². The summed E-state index contributed by atoms with van der Waals surface area (Å²) in [7, 11) is 0. The minimum atomic E-state index is 0.0209. The molecule has 0 unspecified atom stereocenters. The van der Waals surface area contributed by atoms with Gasteiger partial charge in [0.05, 0.1) is 11.6 Å². The van der Waals surface area contributed by atoms with Gasteiger partial charge in [-0.3, -0.25) is 4.79 Å². The highest BCUT2D eigenvalue weighted by Gasteiger charge is 2.23. The van der Waals surface area contributed by atoms with Crippen LogP contribution in [0.5, 0.6) is 0 Å². The Morgan fingerprint density at radius 1 is 1.48 bits per heavy atom. The lowest BCUT2D eigenvalue weighted by molar-refractivity contribution is -0.116. The van der Waals surface area contributed by atoms with Crippen molar-refractivity contribution in [2.75, 3.05) is 25.0 Å². The van der Waals surface area contributed by atoms with Crippen LogP contribution in [0, 0.1) is 17.2 Å². The Morgan fingerprint density at radius 2 is 2.29 bits per heavy atom. The lowest BCUT2D eigenvalue weighted by Gasteiger charge is -2.19. The Morgan fingerprint density at radius 3 is 2.95 bits per heavy atom. The van der Waals surface area contributed by atoms with Crippen LogP contribution in [-0.4, -0.2) is 30.4 Å². The molecule has 0 spiro atoms. The second-order valence-corrected chi connectivity index (χ2v) is 5.68. The van der Waals surface area contributed by atoms with E-state index in [1.165, 1.54) is 19.4 Å². The van der Waals surface area contributed by atoms with Crippen molar-refractivity contribution in [2.45, 2.75) is 32.6 Å². The number of rotatable bonds is 8. The smallest absolute Gasteiger partial charge is 0.224 e. The number of anilines is 1. The molecule has 1 saturated carbocycles. The lowest BCUT2D eigenvalue weighted by Crippen LogP contribution is -2.27. The molecule has 1 aliphatic carbocycles. The molecule has 1 fully saturated rings. The van der Waals surface area contributed by atoms with E-state index in [0.717, 1.165) is 25.4 Å². The van der Waals surface area contributed by atoms with Crippen LogP contribution in [0.1, 0.15) is 38.2 Å². The maximum Gasteiger partial charge on any atom is 0.224 e. The number of nitrogens with zero attached hydrogens (tertiary/aromatic N) is 2. The fourth-order valence-electron chi connectivity index (χ4n) is 2.40. The molecule has 4 heteroatoms. The summed E-state index contributed by atoms with van der Waals surface area (Å²) in [6, 6.07) is 9.09. The van der Waals surface area contributed by atoms with Crippen LogP contribution in [0.3, 0.4) is 0 Å². The van der Waals surface area contributed by atoms with Crippen molar-refractivity contribution in [3.05, 3.63) is 29.8 Å². The van der Waals surface area contributed by atoms with Crippen molar-refractivity contribution >= 4 is 11.6 Å². The number of carbonyl (C=O) groups excluding carboxylic acids is 1. The number of amides is 1. The maximum atomic E-state index is 11.9.